The molecule has 0 aromatic heterocycles. The average molecular weight is 342 g/mol. The monoisotopic (exact) mass is 342 g/mol. The second-order valence-corrected chi connectivity index (χ2v) is 5.55. The molecule has 0 aliphatic rings. The molecule has 23 heavy (non-hydrogen) atoms. The maximum Gasteiger partial charge on any atom is 0.399 e. The molecular formula is C17H33F3O3. The Morgan fingerprint density at radius 3 is 1.52 bits per heavy atom. The lowest BCUT2D eigenvalue weighted by Crippen LogP contribution is -2.52. The highest BCUT2D eigenvalue weighted by Gasteiger charge is 2.56. The van der Waals surface area contributed by atoms with Crippen molar-refractivity contribution in [1.82, 2.24) is 0 Å². The molecule has 0 spiro atoms. The molecule has 0 fully saturated rings. The van der Waals surface area contributed by atoms with E-state index in [9.17, 15) is 13.2 Å². The van der Waals surface area contributed by atoms with Crippen LogP contribution in [-0.4, -0.2) is 32.0 Å². The van der Waals surface area contributed by atoms with Gasteiger partial charge in [-0.2, -0.15) is 13.2 Å². The standard InChI is InChI=1S/C17H33F3O3/c1-5-9-10-11-12-13-14-15(16(18,19)20)17(21-6-2,22-7-3)23-8-4/h15H,5-14H2,1-4H3. The van der Waals surface area contributed by atoms with Gasteiger partial charge in [-0.25, -0.2) is 0 Å². The van der Waals surface area contributed by atoms with E-state index < -0.39 is 18.1 Å². The summed E-state index contributed by atoms with van der Waals surface area (Å²) in [5, 5.41) is 0. The minimum absolute atomic E-state index is 0.0460. The van der Waals surface area contributed by atoms with Gasteiger partial charge in [0.2, 0.25) is 0 Å². The van der Waals surface area contributed by atoms with Crippen molar-refractivity contribution in [2.24, 2.45) is 5.92 Å². The number of unbranched alkanes of at least 4 members (excludes halogenated alkanes) is 5. The molecule has 3 nitrogen and oxygen atoms in total. The Hall–Kier alpha value is -0.330. The molecule has 0 aliphatic carbocycles. The molecule has 0 bridgehead atoms. The maximum absolute atomic E-state index is 13.6. The first-order valence-electron chi connectivity index (χ1n) is 8.86. The molecule has 0 heterocycles. The predicted molar refractivity (Wildman–Crippen MR) is 85.1 cm³/mol. The van der Waals surface area contributed by atoms with Crippen LogP contribution in [0.1, 0.15) is 72.6 Å². The van der Waals surface area contributed by atoms with Gasteiger partial charge in [-0.15, -0.1) is 0 Å². The van der Waals surface area contributed by atoms with Crippen molar-refractivity contribution in [1.29, 1.82) is 0 Å². The minimum atomic E-state index is -4.43. The van der Waals surface area contributed by atoms with Crippen molar-refractivity contribution in [2.45, 2.75) is 84.8 Å². The van der Waals surface area contributed by atoms with Crippen LogP contribution in [0.5, 0.6) is 0 Å². The Balaban J connectivity index is 4.92. The van der Waals surface area contributed by atoms with Gasteiger partial charge in [0.25, 0.3) is 5.97 Å². The Bertz CT molecular complexity index is 266. The van der Waals surface area contributed by atoms with E-state index in [0.29, 0.717) is 6.42 Å². The van der Waals surface area contributed by atoms with Crippen LogP contribution in [0, 0.1) is 5.92 Å². The van der Waals surface area contributed by atoms with Crippen LogP contribution in [0.2, 0.25) is 0 Å². The SMILES string of the molecule is CCCCCCCCC(C(F)(F)F)C(OCC)(OCC)OCC. The van der Waals surface area contributed by atoms with E-state index in [1.807, 2.05) is 0 Å². The minimum Gasteiger partial charge on any atom is -0.327 e. The molecule has 0 saturated heterocycles. The van der Waals surface area contributed by atoms with Crippen molar-refractivity contribution in [3.05, 3.63) is 0 Å². The summed E-state index contributed by atoms with van der Waals surface area (Å²) in [7, 11) is 0. The zero-order chi connectivity index (χ0) is 17.8. The van der Waals surface area contributed by atoms with Gasteiger partial charge in [-0.05, 0) is 27.2 Å². The Labute approximate surface area is 138 Å². The number of rotatable bonds is 14. The van der Waals surface area contributed by atoms with E-state index >= 15 is 0 Å². The average Bonchev–Trinajstić information content (AvgIpc) is 2.45. The largest absolute Gasteiger partial charge is 0.399 e. The first kappa shape index (κ1) is 22.7. The van der Waals surface area contributed by atoms with Crippen molar-refractivity contribution < 1.29 is 27.4 Å². The van der Waals surface area contributed by atoms with Crippen LogP contribution in [0.3, 0.4) is 0 Å². The molecule has 0 radical (unpaired) electrons. The lowest BCUT2D eigenvalue weighted by Gasteiger charge is -2.39. The molecule has 0 aromatic rings. The third-order valence-electron chi connectivity index (χ3n) is 3.70. The van der Waals surface area contributed by atoms with E-state index in [1.165, 1.54) is 0 Å². The van der Waals surface area contributed by atoms with Crippen LogP contribution in [0.4, 0.5) is 13.2 Å². The van der Waals surface area contributed by atoms with Gasteiger partial charge >= 0.3 is 6.18 Å². The maximum atomic E-state index is 13.6. The second-order valence-electron chi connectivity index (χ2n) is 5.55. The van der Waals surface area contributed by atoms with Gasteiger partial charge in [0, 0.05) is 19.8 Å². The van der Waals surface area contributed by atoms with Crippen molar-refractivity contribution >= 4 is 0 Å². The van der Waals surface area contributed by atoms with Gasteiger partial charge in [0.1, 0.15) is 5.92 Å². The summed E-state index contributed by atoms with van der Waals surface area (Å²) in [5.74, 6) is -3.80. The van der Waals surface area contributed by atoms with E-state index in [2.05, 4.69) is 6.92 Å². The van der Waals surface area contributed by atoms with E-state index in [-0.39, 0.29) is 26.2 Å². The third kappa shape index (κ3) is 8.36. The Morgan fingerprint density at radius 1 is 0.696 bits per heavy atom. The fourth-order valence-electron chi connectivity index (χ4n) is 2.70. The Morgan fingerprint density at radius 2 is 1.13 bits per heavy atom. The number of ether oxygens (including phenoxy) is 3. The fourth-order valence-corrected chi connectivity index (χ4v) is 2.70. The molecule has 6 heteroatoms. The number of halogens is 3. The van der Waals surface area contributed by atoms with Crippen molar-refractivity contribution in [2.75, 3.05) is 19.8 Å². The van der Waals surface area contributed by atoms with E-state index in [4.69, 9.17) is 14.2 Å². The van der Waals surface area contributed by atoms with Gasteiger partial charge < -0.3 is 14.2 Å². The number of hydrogen-bond acceptors (Lipinski definition) is 3. The molecule has 0 aromatic carbocycles. The summed E-state index contributed by atoms with van der Waals surface area (Å²) < 4.78 is 56.7. The summed E-state index contributed by atoms with van der Waals surface area (Å²) in [5.41, 5.74) is 0. The first-order valence-corrected chi connectivity index (χ1v) is 8.86. The zero-order valence-electron chi connectivity index (χ0n) is 15.0. The number of hydrogen-bond donors (Lipinski definition) is 0. The predicted octanol–water partition coefficient (Wildman–Crippen LogP) is 5.68. The van der Waals surface area contributed by atoms with Gasteiger partial charge in [-0.3, -0.25) is 0 Å². The molecule has 1 unspecified atom stereocenters. The molecule has 140 valence electrons. The smallest absolute Gasteiger partial charge is 0.327 e. The summed E-state index contributed by atoms with van der Waals surface area (Å²) >= 11 is 0. The highest BCUT2D eigenvalue weighted by atomic mass is 19.4. The fraction of sp³-hybridized carbons (Fsp3) is 1.00. The highest BCUT2D eigenvalue weighted by Crippen LogP contribution is 2.42. The van der Waals surface area contributed by atoms with Crippen LogP contribution >= 0.6 is 0 Å². The van der Waals surface area contributed by atoms with Crippen LogP contribution in [0.25, 0.3) is 0 Å². The van der Waals surface area contributed by atoms with E-state index in [1.54, 1.807) is 20.8 Å². The van der Waals surface area contributed by atoms with Crippen molar-refractivity contribution in [3.8, 4) is 0 Å². The lowest BCUT2D eigenvalue weighted by molar-refractivity contribution is -0.434. The third-order valence-corrected chi connectivity index (χ3v) is 3.70. The molecule has 0 saturated carbocycles. The summed E-state index contributed by atoms with van der Waals surface area (Å²) in [4.78, 5) is 0. The lowest BCUT2D eigenvalue weighted by atomic mass is 9.96. The van der Waals surface area contributed by atoms with Gasteiger partial charge in [0.05, 0.1) is 0 Å². The van der Waals surface area contributed by atoms with Gasteiger partial charge in [0.15, 0.2) is 0 Å². The second kappa shape index (κ2) is 12.1. The normalized spacial score (nSPS) is 14.2. The van der Waals surface area contributed by atoms with Crippen LogP contribution < -0.4 is 0 Å². The first-order chi connectivity index (χ1) is 10.9. The summed E-state index contributed by atoms with van der Waals surface area (Å²) in [6.07, 6.45) is 1.08. The summed E-state index contributed by atoms with van der Waals surface area (Å²) in [6, 6.07) is 0. The van der Waals surface area contributed by atoms with E-state index in [0.717, 1.165) is 32.1 Å². The van der Waals surface area contributed by atoms with Gasteiger partial charge in [-0.1, -0.05) is 45.4 Å². The zero-order valence-corrected chi connectivity index (χ0v) is 15.0. The molecule has 1 atom stereocenters. The molecule has 0 N–H and O–H groups in total. The topological polar surface area (TPSA) is 27.7 Å². The summed E-state index contributed by atoms with van der Waals surface area (Å²) in [6.45, 7) is 7.34. The van der Waals surface area contributed by atoms with Crippen molar-refractivity contribution in [3.63, 3.8) is 0 Å². The van der Waals surface area contributed by atoms with Crippen LogP contribution in [0.15, 0.2) is 0 Å². The molecular weight excluding hydrogens is 309 g/mol. The molecule has 0 rings (SSSR count). The quantitative estimate of drug-likeness (QED) is 0.300. The Kier molecular flexibility index (Phi) is 11.9. The molecule has 0 amide bonds. The highest BCUT2D eigenvalue weighted by molar-refractivity contribution is 4.79. The number of alkyl halides is 3. The molecule has 0 aliphatic heterocycles. The van der Waals surface area contributed by atoms with Crippen LogP contribution in [-0.2, 0) is 14.2 Å².